The van der Waals surface area contributed by atoms with E-state index < -0.39 is 0 Å². The van der Waals surface area contributed by atoms with Crippen LogP contribution in [0, 0.1) is 0 Å². The molecule has 33 heavy (non-hydrogen) atoms. The van der Waals surface area contributed by atoms with E-state index in [0.29, 0.717) is 29.6 Å². The van der Waals surface area contributed by atoms with Gasteiger partial charge in [0.05, 0.1) is 0 Å². The molecular formula is C33H52. The maximum atomic E-state index is 2.54. The van der Waals surface area contributed by atoms with Gasteiger partial charge in [0.15, 0.2) is 0 Å². The minimum absolute atomic E-state index is 0.557. The number of benzene rings is 2. The van der Waals surface area contributed by atoms with E-state index in [1.807, 2.05) is 0 Å². The van der Waals surface area contributed by atoms with Crippen molar-refractivity contribution in [1.82, 2.24) is 0 Å². The van der Waals surface area contributed by atoms with Gasteiger partial charge in [0.25, 0.3) is 0 Å². The summed E-state index contributed by atoms with van der Waals surface area (Å²) in [6, 6.07) is 10.1. The largest absolute Gasteiger partial charge is 0.0654 e. The highest BCUT2D eigenvalue weighted by atomic mass is 14.3. The highest BCUT2D eigenvalue weighted by Crippen LogP contribution is 2.38. The Balaban J connectivity index is 2.65. The van der Waals surface area contributed by atoms with Crippen molar-refractivity contribution in [2.75, 3.05) is 0 Å². The Morgan fingerprint density at radius 1 is 0.545 bits per heavy atom. The third-order valence-electron chi connectivity index (χ3n) is 7.29. The van der Waals surface area contributed by atoms with Crippen molar-refractivity contribution >= 4 is 0 Å². The predicted octanol–water partition coefficient (Wildman–Crippen LogP) is 10.6. The zero-order valence-corrected chi connectivity index (χ0v) is 23.7. The summed E-state index contributed by atoms with van der Waals surface area (Å²) >= 11 is 0. The van der Waals surface area contributed by atoms with Gasteiger partial charge in [0, 0.05) is 0 Å². The Hall–Kier alpha value is -1.56. The molecular weight excluding hydrogens is 396 g/mol. The van der Waals surface area contributed by atoms with Crippen molar-refractivity contribution in [2.45, 2.75) is 138 Å². The fraction of sp³-hybridized carbons (Fsp3) is 0.636. The van der Waals surface area contributed by atoms with Gasteiger partial charge in [-0.15, -0.1) is 0 Å². The maximum Gasteiger partial charge on any atom is -0.00254 e. The normalized spacial score (nSPS) is 13.1. The van der Waals surface area contributed by atoms with Gasteiger partial charge in [-0.2, -0.15) is 0 Å². The first kappa shape index (κ1) is 27.7. The Kier molecular flexibility index (Phi) is 10.3. The lowest BCUT2D eigenvalue weighted by atomic mass is 9.79. The van der Waals surface area contributed by atoms with Crippen LogP contribution in [-0.4, -0.2) is 0 Å². The molecule has 0 amide bonds. The molecule has 0 bridgehead atoms. The third-order valence-corrected chi connectivity index (χ3v) is 7.29. The summed E-state index contributed by atoms with van der Waals surface area (Å²) in [5.41, 5.74) is 12.5. The van der Waals surface area contributed by atoms with E-state index in [9.17, 15) is 0 Å². The third kappa shape index (κ3) is 6.74. The van der Waals surface area contributed by atoms with Crippen LogP contribution in [-0.2, 0) is 12.8 Å². The van der Waals surface area contributed by atoms with Crippen molar-refractivity contribution in [1.29, 1.82) is 0 Å². The Morgan fingerprint density at radius 3 is 1.27 bits per heavy atom. The van der Waals surface area contributed by atoms with Gasteiger partial charge in [-0.3, -0.25) is 0 Å². The summed E-state index contributed by atoms with van der Waals surface area (Å²) in [5.74, 6) is 2.88. The summed E-state index contributed by atoms with van der Waals surface area (Å²) in [6.07, 6.45) is 5.96. The van der Waals surface area contributed by atoms with Crippen molar-refractivity contribution < 1.29 is 0 Å². The molecule has 0 heteroatoms. The Labute approximate surface area is 206 Å². The molecule has 0 aromatic heterocycles. The van der Waals surface area contributed by atoms with Gasteiger partial charge in [-0.1, -0.05) is 113 Å². The van der Waals surface area contributed by atoms with E-state index in [-0.39, 0.29) is 0 Å². The first-order valence-corrected chi connectivity index (χ1v) is 13.8. The van der Waals surface area contributed by atoms with Crippen LogP contribution < -0.4 is 0 Å². The summed E-state index contributed by atoms with van der Waals surface area (Å²) in [5, 5.41) is 0. The molecule has 0 N–H and O–H groups in total. The molecule has 2 aromatic rings. The van der Waals surface area contributed by atoms with Crippen LogP contribution >= 0.6 is 0 Å². The second-order valence-electron chi connectivity index (χ2n) is 11.7. The Bertz CT molecular complexity index is 836. The van der Waals surface area contributed by atoms with Crippen molar-refractivity contribution in [2.24, 2.45) is 0 Å². The van der Waals surface area contributed by atoms with Gasteiger partial charge in [-0.25, -0.2) is 0 Å². The molecule has 0 saturated heterocycles. The van der Waals surface area contributed by atoms with E-state index in [4.69, 9.17) is 0 Å². The number of hydrogen-bond acceptors (Lipinski definition) is 0. The summed E-state index contributed by atoms with van der Waals surface area (Å²) in [7, 11) is 0. The van der Waals surface area contributed by atoms with Gasteiger partial charge < -0.3 is 0 Å². The molecule has 1 unspecified atom stereocenters. The molecule has 2 rings (SSSR count). The molecule has 0 aliphatic rings. The van der Waals surface area contributed by atoms with Crippen LogP contribution in [0.2, 0.25) is 0 Å². The van der Waals surface area contributed by atoms with Crippen molar-refractivity contribution in [3.8, 4) is 0 Å². The average molecular weight is 449 g/mol. The van der Waals surface area contributed by atoms with E-state index in [1.54, 1.807) is 33.4 Å². The molecule has 184 valence electrons. The smallest absolute Gasteiger partial charge is 0.00254 e. The molecule has 1 atom stereocenters. The lowest BCUT2D eigenvalue weighted by Gasteiger charge is -2.26. The molecule has 0 nitrogen and oxygen atoms in total. The van der Waals surface area contributed by atoms with E-state index >= 15 is 0 Å². The maximum absolute atomic E-state index is 2.54. The van der Waals surface area contributed by atoms with E-state index in [0.717, 1.165) is 6.42 Å². The average Bonchev–Trinajstić information content (AvgIpc) is 2.73. The van der Waals surface area contributed by atoms with Crippen LogP contribution in [0.25, 0.3) is 0 Å². The zero-order chi connectivity index (χ0) is 24.9. The zero-order valence-electron chi connectivity index (χ0n) is 23.7. The molecule has 0 saturated carbocycles. The predicted molar refractivity (Wildman–Crippen MR) is 149 cm³/mol. The van der Waals surface area contributed by atoms with Crippen LogP contribution in [0.4, 0.5) is 0 Å². The second-order valence-corrected chi connectivity index (χ2v) is 11.7. The standard InChI is InChI=1S/C33H52/c1-12-14-25(11)33-31(23(7)8)19-27(20-32(33)24(9)10)16-26-17-29(21(3)4)28(15-13-2)30(18-26)22(5)6/h17-25H,12-16H2,1-11H3. The quantitative estimate of drug-likeness (QED) is 0.320. The highest BCUT2D eigenvalue weighted by molar-refractivity contribution is 5.48. The lowest BCUT2D eigenvalue weighted by molar-refractivity contribution is 0.636. The molecule has 0 spiro atoms. The fourth-order valence-electron chi connectivity index (χ4n) is 5.66. The van der Waals surface area contributed by atoms with Gasteiger partial charge in [0.1, 0.15) is 0 Å². The SMILES string of the molecule is CCCc1c(C(C)C)cc(Cc2cc(C(C)C)c(C(C)CCC)c(C(C)C)c2)cc1C(C)C. The van der Waals surface area contributed by atoms with Crippen LogP contribution in [0.1, 0.15) is 170 Å². The molecule has 0 aliphatic carbocycles. The van der Waals surface area contributed by atoms with Crippen LogP contribution in [0.5, 0.6) is 0 Å². The highest BCUT2D eigenvalue weighted by Gasteiger charge is 2.21. The van der Waals surface area contributed by atoms with E-state index in [2.05, 4.69) is 100 Å². The topological polar surface area (TPSA) is 0 Å². The molecule has 0 heterocycles. The molecule has 0 fully saturated rings. The Morgan fingerprint density at radius 2 is 0.939 bits per heavy atom. The monoisotopic (exact) mass is 448 g/mol. The molecule has 0 radical (unpaired) electrons. The molecule has 0 aliphatic heterocycles. The van der Waals surface area contributed by atoms with Gasteiger partial charge >= 0.3 is 0 Å². The lowest BCUT2D eigenvalue weighted by Crippen LogP contribution is -2.10. The summed E-state index contributed by atoms with van der Waals surface area (Å²) in [4.78, 5) is 0. The second kappa shape index (κ2) is 12.2. The van der Waals surface area contributed by atoms with Crippen LogP contribution in [0.3, 0.4) is 0 Å². The first-order chi connectivity index (χ1) is 15.5. The minimum atomic E-state index is 0.557. The van der Waals surface area contributed by atoms with Crippen molar-refractivity contribution in [3.63, 3.8) is 0 Å². The summed E-state index contributed by atoms with van der Waals surface area (Å²) < 4.78 is 0. The minimum Gasteiger partial charge on any atom is -0.0654 e. The van der Waals surface area contributed by atoms with E-state index in [1.165, 1.54) is 36.8 Å². The fourth-order valence-corrected chi connectivity index (χ4v) is 5.66. The van der Waals surface area contributed by atoms with Crippen molar-refractivity contribution in [3.05, 3.63) is 68.8 Å². The number of rotatable bonds is 11. The van der Waals surface area contributed by atoms with Crippen LogP contribution in [0.15, 0.2) is 24.3 Å². The molecule has 2 aromatic carbocycles. The first-order valence-electron chi connectivity index (χ1n) is 13.8. The number of hydrogen-bond donors (Lipinski definition) is 0. The summed E-state index contributed by atoms with van der Waals surface area (Å²) in [6.45, 7) is 26.0. The van der Waals surface area contributed by atoms with Gasteiger partial charge in [-0.05, 0) is 93.4 Å². The van der Waals surface area contributed by atoms with Gasteiger partial charge in [0.2, 0.25) is 0 Å².